The Morgan fingerprint density at radius 2 is 1.64 bits per heavy atom. The fourth-order valence-electron chi connectivity index (χ4n) is 12.4. The molecule has 0 radical (unpaired) electrons. The number of aromatic nitrogens is 5. The van der Waals surface area contributed by atoms with Crippen molar-refractivity contribution < 1.29 is 67.1 Å². The van der Waals surface area contributed by atoms with Crippen molar-refractivity contribution in [1.82, 2.24) is 29.4 Å². The van der Waals surface area contributed by atoms with Crippen molar-refractivity contribution in [3.05, 3.63) is 98.6 Å². The molecule has 0 spiro atoms. The number of imide groups is 1. The van der Waals surface area contributed by atoms with E-state index in [0.717, 1.165) is 72.7 Å². The van der Waals surface area contributed by atoms with Gasteiger partial charge in [0.1, 0.15) is 31.4 Å². The Kier molecular flexibility index (Phi) is 21.3. The van der Waals surface area contributed by atoms with Crippen LogP contribution in [0.2, 0.25) is 0 Å². The van der Waals surface area contributed by atoms with Gasteiger partial charge in [-0.3, -0.25) is 38.5 Å². The van der Waals surface area contributed by atoms with E-state index in [-0.39, 0.29) is 135 Å². The third-order valence-electron chi connectivity index (χ3n) is 17.4. The van der Waals surface area contributed by atoms with Crippen LogP contribution < -0.4 is 10.9 Å². The highest BCUT2D eigenvalue weighted by Crippen LogP contribution is 2.43. The number of hydrogen-bond donors (Lipinski definition) is 2. The molecule has 9 rings (SSSR count). The number of Topliss-reactive ketones (excluding diaryl/α,β-unsaturated/α-hetero) is 3. The number of aromatic hydroxyl groups is 1. The first-order chi connectivity index (χ1) is 42.0. The molecule has 22 nitrogen and oxygen atoms in total. The van der Waals surface area contributed by atoms with E-state index >= 15 is 0 Å². The second-order valence-electron chi connectivity index (χ2n) is 23.5. The molecule has 1 aliphatic carbocycles. The molecule has 1 saturated carbocycles. The van der Waals surface area contributed by atoms with Gasteiger partial charge in [0.2, 0.25) is 23.3 Å². The molecule has 3 atom stereocenters. The van der Waals surface area contributed by atoms with Crippen LogP contribution in [0.15, 0.2) is 59.5 Å². The fraction of sp³-hybridized carbons (Fsp3) is 0.538. The molecule has 1 saturated heterocycles. The number of anilines is 1. The van der Waals surface area contributed by atoms with Crippen LogP contribution in [-0.2, 0) is 102 Å². The molecule has 5 aromatic rings. The Morgan fingerprint density at radius 3 is 2.38 bits per heavy atom. The number of nitrogens with one attached hydrogen (secondary N) is 1. The third kappa shape index (κ3) is 15.2. The quantitative estimate of drug-likeness (QED) is 0.0235. The van der Waals surface area contributed by atoms with Crippen LogP contribution in [0.5, 0.6) is 5.75 Å². The number of aryl methyl sites for hydroxylation is 2. The molecule has 3 aromatic heterocycles. The first-order valence-electron chi connectivity index (χ1n) is 30.8. The Morgan fingerprint density at radius 1 is 0.862 bits per heavy atom. The van der Waals surface area contributed by atoms with Crippen molar-refractivity contribution in [2.45, 2.75) is 162 Å². The summed E-state index contributed by atoms with van der Waals surface area (Å²) in [4.78, 5) is 124. The largest absolute Gasteiger partial charge is 0.509 e. The molecule has 87 heavy (non-hydrogen) atoms. The van der Waals surface area contributed by atoms with Gasteiger partial charge in [0.05, 0.1) is 54.5 Å². The topological polar surface area (TPSA) is 284 Å². The zero-order chi connectivity index (χ0) is 61.8. The van der Waals surface area contributed by atoms with Crippen molar-refractivity contribution in [2.75, 3.05) is 44.9 Å². The Balaban J connectivity index is 0.656. The van der Waals surface area contributed by atoms with E-state index in [1.165, 1.54) is 4.90 Å². The number of likely N-dealkylation sites (tertiary alicyclic amines) is 1. The highest BCUT2D eigenvalue weighted by molar-refractivity contribution is 6.03. The smallest absolute Gasteiger partial charge is 0.508 e. The molecule has 0 bridgehead atoms. The lowest BCUT2D eigenvalue weighted by atomic mass is 9.79. The Bertz CT molecular complexity index is 3440. The highest BCUT2D eigenvalue weighted by Gasteiger charge is 2.51. The molecule has 3 aliphatic heterocycles. The maximum absolute atomic E-state index is 14.1. The zero-order valence-electron chi connectivity index (χ0n) is 50.2. The molecule has 2 aromatic carbocycles. The number of benzene rings is 2. The summed E-state index contributed by atoms with van der Waals surface area (Å²) in [5.74, 6) is -2.13. The number of carbonyl (C=O) groups excluding carboxylic acids is 8. The number of cyclic esters (lactones) is 1. The summed E-state index contributed by atoms with van der Waals surface area (Å²) in [6.07, 6.45) is 9.49. The molecule has 2 N–H and O–H groups in total. The fourth-order valence-corrected chi connectivity index (χ4v) is 12.4. The van der Waals surface area contributed by atoms with E-state index in [9.17, 15) is 48.3 Å². The number of phenols is 1. The third-order valence-corrected chi connectivity index (χ3v) is 17.4. The molecule has 6 heterocycles. The van der Waals surface area contributed by atoms with Crippen molar-refractivity contribution in [1.29, 1.82) is 0 Å². The average Bonchev–Trinajstić information content (AvgIpc) is 2.68. The van der Waals surface area contributed by atoms with E-state index in [2.05, 4.69) is 22.6 Å². The molecule has 464 valence electrons. The second kappa shape index (κ2) is 29.1. The lowest BCUT2D eigenvalue weighted by Crippen LogP contribution is -2.47. The Hall–Kier alpha value is -7.98. The van der Waals surface area contributed by atoms with Crippen LogP contribution in [0.1, 0.15) is 151 Å². The second-order valence-corrected chi connectivity index (χ2v) is 23.5. The number of unbranched alkanes of at least 4 members (excludes halogenated alkanes) is 2. The number of hydrogen-bond acceptors (Lipinski definition) is 18. The number of fused-ring (bicyclic) bond motifs is 5. The number of pyridine rings is 2. The summed E-state index contributed by atoms with van der Waals surface area (Å²) < 4.78 is 31.3. The monoisotopic (exact) mass is 1200 g/mol. The Labute approximate surface area is 505 Å². The van der Waals surface area contributed by atoms with E-state index in [0.29, 0.717) is 81.0 Å². The number of nitrogens with zero attached hydrogens (tertiary/aromatic N) is 6. The van der Waals surface area contributed by atoms with Crippen LogP contribution in [0.25, 0.3) is 22.3 Å². The van der Waals surface area contributed by atoms with Crippen LogP contribution in [0.3, 0.4) is 0 Å². The summed E-state index contributed by atoms with van der Waals surface area (Å²) in [6, 6.07) is 13.6. The minimum atomic E-state index is -1.96. The minimum Gasteiger partial charge on any atom is -0.508 e. The molecule has 4 aliphatic rings. The lowest BCUT2D eigenvalue weighted by molar-refractivity contribution is -0.175. The first kappa shape index (κ1) is 63.5. The van der Waals surface area contributed by atoms with E-state index in [1.807, 2.05) is 6.92 Å². The van der Waals surface area contributed by atoms with Gasteiger partial charge < -0.3 is 38.7 Å². The molecule has 3 unspecified atom stereocenters. The van der Waals surface area contributed by atoms with Crippen molar-refractivity contribution >= 4 is 63.8 Å². The van der Waals surface area contributed by atoms with Crippen molar-refractivity contribution in [3.8, 4) is 17.1 Å². The van der Waals surface area contributed by atoms with Crippen LogP contribution >= 0.6 is 0 Å². The number of esters is 1. The SMILES string of the molecule is CCCCCC(CC(=O)COCC(=O)CCCOCCn1cc(CCC(=O)C2CCC(CN3C(=O)CC(C)C3=O)CC2)nn1)C(=O)Nc1ccc(CCOC(=O)OC2(CC)C(=O)OCc3c2cc2n(c3=O)Cc3c-2nc2ccc(O)cc2c3CC)cc1. The van der Waals surface area contributed by atoms with Gasteiger partial charge in [-0.1, -0.05) is 64.3 Å². The lowest BCUT2D eigenvalue weighted by Gasteiger charge is -2.35. The number of phenolic OH excluding ortho intramolecular Hbond substituents is 1. The molecular weight excluding hydrogens is 1120 g/mol. The number of amides is 3. The van der Waals surface area contributed by atoms with E-state index in [4.69, 9.17) is 28.7 Å². The van der Waals surface area contributed by atoms with Gasteiger partial charge in [-0.05, 0) is 105 Å². The molecular formula is C65H79N7O15. The van der Waals surface area contributed by atoms with Gasteiger partial charge in [-0.2, -0.15) is 0 Å². The van der Waals surface area contributed by atoms with E-state index in [1.54, 1.807) is 77.8 Å². The van der Waals surface area contributed by atoms with Gasteiger partial charge in [0, 0.05) is 97.8 Å². The first-order valence-corrected chi connectivity index (χ1v) is 30.8. The molecule has 22 heteroatoms. The predicted octanol–water partition coefficient (Wildman–Crippen LogP) is 8.22. The maximum atomic E-state index is 14.1. The summed E-state index contributed by atoms with van der Waals surface area (Å²) in [7, 11) is 0. The van der Waals surface area contributed by atoms with Gasteiger partial charge >= 0.3 is 12.1 Å². The average molecular weight is 1200 g/mol. The summed E-state index contributed by atoms with van der Waals surface area (Å²) in [6.45, 7) is 8.36. The number of ketones is 3. The number of carbonyl (C=O) groups is 8. The van der Waals surface area contributed by atoms with Gasteiger partial charge in [0.15, 0.2) is 11.6 Å². The number of ether oxygens (including phenoxy) is 5. The van der Waals surface area contributed by atoms with Gasteiger partial charge in [-0.25, -0.2) is 19.3 Å². The standard InChI is InChI=1S/C65H79N7O15/c1-5-8-9-11-44(31-49(75)38-84-37-48(74)12-10-27-83-29-26-70-35-46(68-69-70)21-24-57(76)43-17-13-42(14-18-43)34-72-58(77)30-40(4)61(72)79)60(78)66-45-19-15-41(16-20-45)25-28-85-64(82)87-65(7-3)54-33-56-59-52(36-71(56)62(80)53(54)39-86-63(65)81)50(6-2)51-32-47(73)22-23-55(51)67-59/h15-16,19-20,22-23,32-33,35,40,42-44,73H,5-14,17-18,21,24-31,34,36-39H2,1-4H3,(H,66,78). The van der Waals surface area contributed by atoms with E-state index < -0.39 is 29.2 Å². The molecule has 2 fully saturated rings. The maximum Gasteiger partial charge on any atom is 0.509 e. The van der Waals surface area contributed by atoms with Crippen LogP contribution in [-0.4, -0.2) is 121 Å². The van der Waals surface area contributed by atoms with Crippen LogP contribution in [0, 0.1) is 23.7 Å². The molecule has 3 amide bonds. The van der Waals surface area contributed by atoms with Crippen LogP contribution in [0.4, 0.5) is 10.5 Å². The van der Waals surface area contributed by atoms with Gasteiger partial charge in [0.25, 0.3) is 5.56 Å². The zero-order valence-corrected chi connectivity index (χ0v) is 50.2. The minimum absolute atomic E-state index is 0.0211. The normalized spacial score (nSPS) is 19.1. The summed E-state index contributed by atoms with van der Waals surface area (Å²) in [5.41, 5.74) is 3.51. The summed E-state index contributed by atoms with van der Waals surface area (Å²) in [5, 5.41) is 22.3. The highest BCUT2D eigenvalue weighted by atomic mass is 16.7. The van der Waals surface area contributed by atoms with Crippen molar-refractivity contribution in [3.63, 3.8) is 0 Å². The van der Waals surface area contributed by atoms with Crippen molar-refractivity contribution in [2.24, 2.45) is 23.7 Å². The predicted molar refractivity (Wildman–Crippen MR) is 317 cm³/mol. The number of rotatable bonds is 31. The van der Waals surface area contributed by atoms with Gasteiger partial charge in [-0.15, -0.1) is 5.10 Å². The summed E-state index contributed by atoms with van der Waals surface area (Å²) >= 11 is 0.